The van der Waals surface area contributed by atoms with Gasteiger partial charge in [-0.1, -0.05) is 13.8 Å². The van der Waals surface area contributed by atoms with Gasteiger partial charge in [0.15, 0.2) is 0 Å². The van der Waals surface area contributed by atoms with Crippen LogP contribution in [0.25, 0.3) is 0 Å². The summed E-state index contributed by atoms with van der Waals surface area (Å²) in [5.41, 5.74) is -0.0721. The number of hydrogen-bond donors (Lipinski definition) is 0. The second kappa shape index (κ2) is 3.96. The molecule has 9 unspecified atom stereocenters. The molecule has 0 N–H and O–H groups in total. The molecule has 0 aromatic rings. The van der Waals surface area contributed by atoms with Crippen LogP contribution in [0.5, 0.6) is 0 Å². The van der Waals surface area contributed by atoms with E-state index in [0.29, 0.717) is 23.5 Å². The van der Waals surface area contributed by atoms with E-state index < -0.39 is 0 Å². The van der Waals surface area contributed by atoms with Crippen molar-refractivity contribution in [2.45, 2.75) is 46.5 Å². The highest BCUT2D eigenvalue weighted by atomic mass is 16.1. The summed E-state index contributed by atoms with van der Waals surface area (Å²) >= 11 is 0. The van der Waals surface area contributed by atoms with Gasteiger partial charge in [0, 0.05) is 11.3 Å². The number of rotatable bonds is 2. The van der Waals surface area contributed by atoms with E-state index in [9.17, 15) is 9.59 Å². The highest BCUT2D eigenvalue weighted by Crippen LogP contribution is 2.70. The van der Waals surface area contributed by atoms with Crippen LogP contribution in [0, 0.1) is 52.8 Å². The Morgan fingerprint density at radius 3 is 2.25 bits per heavy atom. The van der Waals surface area contributed by atoms with Crippen LogP contribution in [-0.2, 0) is 9.59 Å². The monoisotopic (exact) mass is 274 g/mol. The normalized spacial score (nSPS) is 59.5. The second-order valence-electron chi connectivity index (χ2n) is 8.57. The Balaban J connectivity index is 1.68. The van der Waals surface area contributed by atoms with E-state index in [4.69, 9.17) is 0 Å². The minimum Gasteiger partial charge on any atom is -0.303 e. The third kappa shape index (κ3) is 1.41. The van der Waals surface area contributed by atoms with Crippen molar-refractivity contribution >= 4 is 12.1 Å². The first kappa shape index (κ1) is 13.0. The first-order valence-corrected chi connectivity index (χ1v) is 8.42. The zero-order chi connectivity index (χ0) is 14.2. The summed E-state index contributed by atoms with van der Waals surface area (Å²) in [7, 11) is 0. The molecule has 0 heterocycles. The van der Waals surface area contributed by atoms with E-state index in [2.05, 4.69) is 13.8 Å². The minimum absolute atomic E-state index is 0.0721. The maximum atomic E-state index is 12.1. The molecule has 0 amide bonds. The van der Waals surface area contributed by atoms with Crippen LogP contribution in [0.2, 0.25) is 0 Å². The molecule has 4 aliphatic rings. The fourth-order valence-electron chi connectivity index (χ4n) is 7.08. The molecule has 0 spiro atoms. The van der Waals surface area contributed by atoms with Crippen LogP contribution in [-0.4, -0.2) is 12.1 Å². The van der Waals surface area contributed by atoms with Crippen molar-refractivity contribution in [2.75, 3.05) is 0 Å². The van der Waals surface area contributed by atoms with Gasteiger partial charge in [-0.05, 0) is 74.0 Å². The molecule has 9 atom stereocenters. The molecule has 0 aromatic carbocycles. The van der Waals surface area contributed by atoms with E-state index in [1.54, 1.807) is 6.92 Å². The molecule has 0 saturated heterocycles. The highest BCUT2D eigenvalue weighted by molar-refractivity contribution is 5.82. The highest BCUT2D eigenvalue weighted by Gasteiger charge is 2.65. The van der Waals surface area contributed by atoms with Gasteiger partial charge >= 0.3 is 0 Å². The van der Waals surface area contributed by atoms with Crippen LogP contribution in [0.1, 0.15) is 46.5 Å². The number of ketones is 1. The van der Waals surface area contributed by atoms with Gasteiger partial charge in [0.25, 0.3) is 0 Å². The van der Waals surface area contributed by atoms with Gasteiger partial charge in [0.05, 0.1) is 0 Å². The predicted octanol–water partition coefficient (Wildman–Crippen LogP) is 3.34. The maximum absolute atomic E-state index is 12.1. The van der Waals surface area contributed by atoms with Gasteiger partial charge < -0.3 is 4.79 Å². The lowest BCUT2D eigenvalue weighted by Gasteiger charge is -2.37. The molecule has 0 aromatic heterocycles. The summed E-state index contributed by atoms with van der Waals surface area (Å²) in [6.45, 7) is 6.27. The van der Waals surface area contributed by atoms with Crippen molar-refractivity contribution in [3.8, 4) is 0 Å². The smallest absolute Gasteiger partial charge is 0.135 e. The standard InChI is InChI=1S/C18H26O2/c1-9-13-5-14(15(9)8-19)17-12-4-11(16(13)17)6-18(3,7-12)10(2)20/h8-9,11-17H,4-7H2,1-3H3. The molecule has 110 valence electrons. The van der Waals surface area contributed by atoms with Gasteiger partial charge in [0.1, 0.15) is 12.1 Å². The predicted molar refractivity (Wildman–Crippen MR) is 76.9 cm³/mol. The zero-order valence-electron chi connectivity index (χ0n) is 12.8. The number of carbonyl (C=O) groups excluding carboxylic acids is 2. The first-order chi connectivity index (χ1) is 9.46. The van der Waals surface area contributed by atoms with Crippen LogP contribution in [0.4, 0.5) is 0 Å². The second-order valence-corrected chi connectivity index (χ2v) is 8.57. The molecule has 0 aliphatic heterocycles. The lowest BCUT2D eigenvalue weighted by molar-refractivity contribution is -0.128. The number of carbonyl (C=O) groups is 2. The summed E-state index contributed by atoms with van der Waals surface area (Å²) < 4.78 is 0. The Morgan fingerprint density at radius 2 is 1.70 bits per heavy atom. The fraction of sp³-hybridized carbons (Fsp3) is 0.889. The van der Waals surface area contributed by atoms with Gasteiger partial charge in [-0.2, -0.15) is 0 Å². The van der Waals surface area contributed by atoms with Crippen LogP contribution < -0.4 is 0 Å². The van der Waals surface area contributed by atoms with Crippen molar-refractivity contribution in [1.29, 1.82) is 0 Å². The van der Waals surface area contributed by atoms with E-state index in [-0.39, 0.29) is 5.41 Å². The summed E-state index contributed by atoms with van der Waals surface area (Å²) in [6.07, 6.45) is 6.08. The van der Waals surface area contributed by atoms with Gasteiger partial charge in [-0.15, -0.1) is 0 Å². The van der Waals surface area contributed by atoms with Crippen LogP contribution >= 0.6 is 0 Å². The van der Waals surface area contributed by atoms with E-state index in [0.717, 1.165) is 42.4 Å². The quantitative estimate of drug-likeness (QED) is 0.571. The van der Waals surface area contributed by atoms with Crippen molar-refractivity contribution < 1.29 is 9.59 Å². The molecule has 4 aliphatic carbocycles. The Hall–Kier alpha value is -0.660. The van der Waals surface area contributed by atoms with Gasteiger partial charge in [-0.25, -0.2) is 0 Å². The Morgan fingerprint density at radius 1 is 1.10 bits per heavy atom. The molecule has 2 heteroatoms. The van der Waals surface area contributed by atoms with Gasteiger partial charge in [-0.3, -0.25) is 4.79 Å². The fourth-order valence-corrected chi connectivity index (χ4v) is 7.08. The SMILES string of the molecule is CC(=O)C1(C)CC2CC(C1)C1C3CC(C(C)C3C=O)C21. The van der Waals surface area contributed by atoms with Crippen molar-refractivity contribution in [3.05, 3.63) is 0 Å². The van der Waals surface area contributed by atoms with Crippen LogP contribution in [0.3, 0.4) is 0 Å². The summed E-state index contributed by atoms with van der Waals surface area (Å²) in [5.74, 6) is 5.77. The molecule has 4 rings (SSSR count). The number of aldehydes is 1. The van der Waals surface area contributed by atoms with Crippen molar-refractivity contribution in [1.82, 2.24) is 0 Å². The Labute approximate surface area is 121 Å². The maximum Gasteiger partial charge on any atom is 0.135 e. The average Bonchev–Trinajstić information content (AvgIpc) is 2.99. The zero-order valence-corrected chi connectivity index (χ0v) is 12.8. The first-order valence-electron chi connectivity index (χ1n) is 8.42. The number of fused-ring (bicyclic) bond motifs is 9. The third-order valence-corrected chi connectivity index (χ3v) is 7.88. The van der Waals surface area contributed by atoms with Crippen LogP contribution in [0.15, 0.2) is 0 Å². The van der Waals surface area contributed by atoms with E-state index >= 15 is 0 Å². The molecule has 20 heavy (non-hydrogen) atoms. The Bertz CT molecular complexity index is 470. The minimum atomic E-state index is -0.0721. The number of hydrogen-bond acceptors (Lipinski definition) is 2. The van der Waals surface area contributed by atoms with Gasteiger partial charge in [0.2, 0.25) is 0 Å². The summed E-state index contributed by atoms with van der Waals surface area (Å²) in [6, 6.07) is 0. The van der Waals surface area contributed by atoms with Crippen molar-refractivity contribution in [2.24, 2.45) is 52.8 Å². The molecular weight excluding hydrogens is 248 g/mol. The number of Topliss-reactive ketones (excluding diaryl/α,β-unsaturated/α-hetero) is 1. The molecule has 4 saturated carbocycles. The molecular formula is C18H26O2. The lowest BCUT2D eigenvalue weighted by Crippen LogP contribution is -2.35. The third-order valence-electron chi connectivity index (χ3n) is 7.88. The topological polar surface area (TPSA) is 34.1 Å². The molecule has 4 fully saturated rings. The Kier molecular flexibility index (Phi) is 2.58. The summed E-state index contributed by atoms with van der Waals surface area (Å²) in [5, 5.41) is 0. The lowest BCUT2D eigenvalue weighted by atomic mass is 9.66. The molecule has 4 bridgehead atoms. The van der Waals surface area contributed by atoms with Crippen molar-refractivity contribution in [3.63, 3.8) is 0 Å². The average molecular weight is 274 g/mol. The van der Waals surface area contributed by atoms with E-state index in [1.165, 1.54) is 19.1 Å². The molecule has 0 radical (unpaired) electrons. The van der Waals surface area contributed by atoms with E-state index in [1.807, 2.05) is 0 Å². The largest absolute Gasteiger partial charge is 0.303 e. The summed E-state index contributed by atoms with van der Waals surface area (Å²) in [4.78, 5) is 23.5. The molecule has 2 nitrogen and oxygen atoms in total.